The molecule has 0 bridgehead atoms. The number of benzene rings is 1. The molecule has 27 heavy (non-hydrogen) atoms. The third-order valence-corrected chi connectivity index (χ3v) is 4.14. The highest BCUT2D eigenvalue weighted by atomic mass is 35.5. The highest BCUT2D eigenvalue weighted by Gasteiger charge is 2.22. The third-order valence-electron chi connectivity index (χ3n) is 4.14. The zero-order valence-corrected chi connectivity index (χ0v) is 17.3. The largest absolute Gasteiger partial charge is 0.491 e. The summed E-state index contributed by atoms with van der Waals surface area (Å²) in [6.07, 6.45) is -0.543. The van der Waals surface area contributed by atoms with E-state index < -0.39 is 6.10 Å². The molecular formula is C18H31Cl2N3O4. The fraction of sp³-hybridized carbons (Fsp3) is 0.611. The van der Waals surface area contributed by atoms with Crippen LogP contribution in [0, 0.1) is 0 Å². The van der Waals surface area contributed by atoms with Crippen LogP contribution in [0.25, 0.3) is 0 Å². The number of methoxy groups -OCH3 is 1. The molecule has 1 atom stereocenters. The molecule has 1 aromatic rings. The van der Waals surface area contributed by atoms with Gasteiger partial charge in [-0.05, 0) is 12.1 Å². The zero-order chi connectivity index (χ0) is 17.9. The van der Waals surface area contributed by atoms with Crippen molar-refractivity contribution >= 4 is 30.7 Å². The van der Waals surface area contributed by atoms with E-state index in [0.717, 1.165) is 18.8 Å². The molecule has 0 spiro atoms. The first kappa shape index (κ1) is 25.9. The molecule has 0 aliphatic carbocycles. The van der Waals surface area contributed by atoms with Gasteiger partial charge in [0.15, 0.2) is 0 Å². The van der Waals surface area contributed by atoms with Crippen molar-refractivity contribution in [3.8, 4) is 5.75 Å². The SMILES string of the molecule is COCCNCC(=O)N1CCN(CC(O)COc2ccccc2)CC1.Cl.Cl. The summed E-state index contributed by atoms with van der Waals surface area (Å²) >= 11 is 0. The smallest absolute Gasteiger partial charge is 0.236 e. The number of hydrogen-bond donors (Lipinski definition) is 2. The molecule has 0 aromatic heterocycles. The molecule has 2 rings (SSSR count). The molecule has 7 nitrogen and oxygen atoms in total. The predicted molar refractivity (Wildman–Crippen MR) is 110 cm³/mol. The summed E-state index contributed by atoms with van der Waals surface area (Å²) in [5.41, 5.74) is 0. The van der Waals surface area contributed by atoms with Crippen molar-refractivity contribution < 1.29 is 19.4 Å². The number of ether oxygens (including phenoxy) is 2. The minimum Gasteiger partial charge on any atom is -0.491 e. The molecule has 1 heterocycles. The quantitative estimate of drug-likeness (QED) is 0.538. The summed E-state index contributed by atoms with van der Waals surface area (Å²) in [4.78, 5) is 16.1. The Hall–Kier alpha value is -1.09. The lowest BCUT2D eigenvalue weighted by atomic mass is 10.2. The van der Waals surface area contributed by atoms with Gasteiger partial charge in [-0.2, -0.15) is 0 Å². The van der Waals surface area contributed by atoms with E-state index in [2.05, 4.69) is 10.2 Å². The summed E-state index contributed by atoms with van der Waals surface area (Å²) in [5.74, 6) is 0.877. The zero-order valence-electron chi connectivity index (χ0n) is 15.7. The Morgan fingerprint density at radius 2 is 1.85 bits per heavy atom. The first-order valence-corrected chi connectivity index (χ1v) is 8.74. The van der Waals surface area contributed by atoms with E-state index in [-0.39, 0.29) is 37.3 Å². The maximum atomic E-state index is 12.1. The molecule has 1 saturated heterocycles. The monoisotopic (exact) mass is 423 g/mol. The first-order chi connectivity index (χ1) is 12.2. The summed E-state index contributed by atoms with van der Waals surface area (Å²) in [6, 6.07) is 9.48. The number of nitrogens with zero attached hydrogens (tertiary/aromatic N) is 2. The molecule has 0 radical (unpaired) electrons. The summed E-state index contributed by atoms with van der Waals surface area (Å²) in [7, 11) is 1.64. The number of β-amino-alcohol motifs (C(OH)–C–C–N with tert-alkyl or cyclic N) is 1. The number of piperazine rings is 1. The second kappa shape index (κ2) is 14.9. The van der Waals surface area contributed by atoms with E-state index in [1.807, 2.05) is 35.2 Å². The number of para-hydroxylation sites is 1. The molecule has 1 aliphatic rings. The number of aliphatic hydroxyl groups is 1. The molecule has 1 aliphatic heterocycles. The maximum absolute atomic E-state index is 12.1. The number of nitrogens with one attached hydrogen (secondary N) is 1. The van der Waals surface area contributed by atoms with Crippen LogP contribution in [0.1, 0.15) is 0 Å². The van der Waals surface area contributed by atoms with Crippen molar-refractivity contribution in [2.45, 2.75) is 6.10 Å². The van der Waals surface area contributed by atoms with Crippen molar-refractivity contribution in [1.29, 1.82) is 0 Å². The van der Waals surface area contributed by atoms with Crippen molar-refractivity contribution in [3.63, 3.8) is 0 Å². The number of rotatable bonds is 10. The number of aliphatic hydroxyl groups excluding tert-OH is 1. The van der Waals surface area contributed by atoms with Crippen molar-refractivity contribution in [2.75, 3.05) is 66.1 Å². The van der Waals surface area contributed by atoms with Gasteiger partial charge in [0.25, 0.3) is 0 Å². The Morgan fingerprint density at radius 3 is 2.48 bits per heavy atom. The van der Waals surface area contributed by atoms with Gasteiger partial charge >= 0.3 is 0 Å². The Bertz CT molecular complexity index is 503. The number of carbonyl (C=O) groups excluding carboxylic acids is 1. The average molecular weight is 424 g/mol. The van der Waals surface area contributed by atoms with Crippen LogP contribution in [0.5, 0.6) is 5.75 Å². The molecule has 0 saturated carbocycles. The van der Waals surface area contributed by atoms with Crippen LogP contribution in [0.2, 0.25) is 0 Å². The molecule has 1 amide bonds. The Labute approximate surface area is 173 Å². The minimum atomic E-state index is -0.543. The molecule has 1 unspecified atom stereocenters. The fourth-order valence-corrected chi connectivity index (χ4v) is 2.72. The molecule has 1 fully saturated rings. The number of halogens is 2. The van der Waals surface area contributed by atoms with Crippen LogP contribution < -0.4 is 10.1 Å². The summed E-state index contributed by atoms with van der Waals surface area (Å²) in [5, 5.41) is 13.2. The topological polar surface area (TPSA) is 74.3 Å². The van der Waals surface area contributed by atoms with Gasteiger partial charge in [-0.3, -0.25) is 9.69 Å². The van der Waals surface area contributed by atoms with E-state index in [4.69, 9.17) is 9.47 Å². The fourth-order valence-electron chi connectivity index (χ4n) is 2.72. The van der Waals surface area contributed by atoms with Crippen molar-refractivity contribution in [2.24, 2.45) is 0 Å². The van der Waals surface area contributed by atoms with Crippen molar-refractivity contribution in [1.82, 2.24) is 15.1 Å². The van der Waals surface area contributed by atoms with E-state index in [0.29, 0.717) is 39.3 Å². The highest BCUT2D eigenvalue weighted by molar-refractivity contribution is 5.85. The van der Waals surface area contributed by atoms with Gasteiger partial charge in [-0.1, -0.05) is 18.2 Å². The predicted octanol–water partition coefficient (Wildman–Crippen LogP) is 0.650. The lowest BCUT2D eigenvalue weighted by molar-refractivity contribution is -0.132. The number of amides is 1. The molecule has 2 N–H and O–H groups in total. The Balaban J connectivity index is 0.00000338. The minimum absolute atomic E-state index is 0. The van der Waals surface area contributed by atoms with E-state index in [1.165, 1.54) is 0 Å². The third kappa shape index (κ3) is 10.1. The molecule has 1 aromatic carbocycles. The van der Waals surface area contributed by atoms with Gasteiger partial charge in [0.2, 0.25) is 5.91 Å². The maximum Gasteiger partial charge on any atom is 0.236 e. The van der Waals surface area contributed by atoms with Gasteiger partial charge < -0.3 is 24.8 Å². The van der Waals surface area contributed by atoms with Crippen LogP contribution in [0.4, 0.5) is 0 Å². The van der Waals surface area contributed by atoms with Gasteiger partial charge in [-0.15, -0.1) is 24.8 Å². The van der Waals surface area contributed by atoms with Crippen LogP contribution >= 0.6 is 24.8 Å². The first-order valence-electron chi connectivity index (χ1n) is 8.74. The van der Waals surface area contributed by atoms with Gasteiger partial charge in [-0.25, -0.2) is 0 Å². The number of hydrogen-bond acceptors (Lipinski definition) is 6. The van der Waals surface area contributed by atoms with Crippen molar-refractivity contribution in [3.05, 3.63) is 30.3 Å². The standard InChI is InChI=1S/C18H29N3O4.2ClH/c1-24-12-7-19-13-18(23)21-10-8-20(9-11-21)14-16(22)15-25-17-5-3-2-4-6-17;;/h2-6,16,19,22H,7-15H2,1H3;2*1H. The van der Waals surface area contributed by atoms with E-state index in [1.54, 1.807) is 7.11 Å². The van der Waals surface area contributed by atoms with Crippen LogP contribution in [0.3, 0.4) is 0 Å². The lowest BCUT2D eigenvalue weighted by Crippen LogP contribution is -2.52. The van der Waals surface area contributed by atoms with E-state index in [9.17, 15) is 9.90 Å². The second-order valence-corrected chi connectivity index (χ2v) is 6.13. The Kier molecular flexibility index (Phi) is 14.3. The van der Waals surface area contributed by atoms with Crippen LogP contribution in [-0.4, -0.2) is 93.1 Å². The Morgan fingerprint density at radius 1 is 1.19 bits per heavy atom. The van der Waals surface area contributed by atoms with Crippen LogP contribution in [0.15, 0.2) is 30.3 Å². The van der Waals surface area contributed by atoms with Gasteiger partial charge in [0, 0.05) is 46.4 Å². The highest BCUT2D eigenvalue weighted by Crippen LogP contribution is 2.09. The lowest BCUT2D eigenvalue weighted by Gasteiger charge is -2.35. The molecule has 156 valence electrons. The molecular weight excluding hydrogens is 393 g/mol. The second-order valence-electron chi connectivity index (χ2n) is 6.13. The summed E-state index contributed by atoms with van der Waals surface area (Å²) < 4.78 is 10.5. The average Bonchev–Trinajstić information content (AvgIpc) is 2.65. The normalized spacial score (nSPS) is 15.4. The summed E-state index contributed by atoms with van der Waals surface area (Å²) in [6.45, 7) is 5.37. The van der Waals surface area contributed by atoms with Gasteiger partial charge in [0.1, 0.15) is 18.5 Å². The van der Waals surface area contributed by atoms with Crippen LogP contribution in [-0.2, 0) is 9.53 Å². The number of carbonyl (C=O) groups is 1. The van der Waals surface area contributed by atoms with E-state index >= 15 is 0 Å². The van der Waals surface area contributed by atoms with Gasteiger partial charge in [0.05, 0.1) is 13.2 Å². The molecule has 9 heteroatoms.